The molecule has 0 heterocycles. The van der Waals surface area contributed by atoms with Gasteiger partial charge in [0.2, 0.25) is 0 Å². The lowest BCUT2D eigenvalue weighted by atomic mass is 10.1. The van der Waals surface area contributed by atoms with Gasteiger partial charge in [0.1, 0.15) is 0 Å². The molecule has 0 aromatic heterocycles. The van der Waals surface area contributed by atoms with Crippen molar-refractivity contribution in [3.05, 3.63) is 32.7 Å². The Hall–Kier alpha value is 0.1000. The smallest absolute Gasteiger partial charge is 0.0591 e. The summed E-state index contributed by atoms with van der Waals surface area (Å²) < 4.78 is 7.76. The van der Waals surface area contributed by atoms with Gasteiger partial charge in [0.15, 0.2) is 0 Å². The third-order valence-corrected chi connectivity index (χ3v) is 3.76. The lowest BCUT2D eigenvalue weighted by Gasteiger charge is -2.16. The van der Waals surface area contributed by atoms with Crippen LogP contribution in [0.1, 0.15) is 32.4 Å². The van der Waals surface area contributed by atoms with Crippen molar-refractivity contribution in [1.82, 2.24) is 5.32 Å². The van der Waals surface area contributed by atoms with Gasteiger partial charge in [-0.25, -0.2) is 0 Å². The van der Waals surface area contributed by atoms with E-state index in [1.54, 1.807) is 0 Å². The van der Waals surface area contributed by atoms with Crippen LogP contribution in [-0.2, 0) is 4.74 Å². The van der Waals surface area contributed by atoms with Crippen molar-refractivity contribution in [2.45, 2.75) is 26.8 Å². The van der Waals surface area contributed by atoms with E-state index in [-0.39, 0.29) is 0 Å². The third kappa shape index (κ3) is 5.83. The largest absolute Gasteiger partial charge is 0.380 e. The number of ether oxygens (including phenoxy) is 1. The fourth-order valence-electron chi connectivity index (χ4n) is 1.63. The van der Waals surface area contributed by atoms with E-state index in [9.17, 15) is 0 Å². The van der Waals surface area contributed by atoms with Crippen molar-refractivity contribution in [3.8, 4) is 0 Å². The summed E-state index contributed by atoms with van der Waals surface area (Å²) in [4.78, 5) is 0. The topological polar surface area (TPSA) is 21.3 Å². The van der Waals surface area contributed by atoms with E-state index in [0.717, 1.165) is 28.7 Å². The molecule has 1 N–H and O–H groups in total. The summed E-state index contributed by atoms with van der Waals surface area (Å²) in [6.07, 6.45) is 0. The summed E-state index contributed by atoms with van der Waals surface area (Å²) in [7, 11) is 0. The highest BCUT2D eigenvalue weighted by Gasteiger charge is 2.08. The average Bonchev–Trinajstić information content (AvgIpc) is 2.27. The molecule has 1 unspecified atom stereocenters. The van der Waals surface area contributed by atoms with E-state index in [1.165, 1.54) is 5.56 Å². The van der Waals surface area contributed by atoms with Crippen LogP contribution in [0.3, 0.4) is 0 Å². The first-order valence-electron chi connectivity index (χ1n) is 6.26. The minimum Gasteiger partial charge on any atom is -0.380 e. The number of hydrogen-bond acceptors (Lipinski definition) is 2. The Labute approximate surface area is 127 Å². The Morgan fingerprint density at radius 2 is 1.94 bits per heavy atom. The van der Waals surface area contributed by atoms with Crippen LogP contribution >= 0.6 is 31.9 Å². The molecule has 0 saturated carbocycles. The second kappa shape index (κ2) is 8.31. The zero-order valence-corrected chi connectivity index (χ0v) is 14.3. The first-order valence-corrected chi connectivity index (χ1v) is 7.85. The van der Waals surface area contributed by atoms with Gasteiger partial charge in [-0.1, -0.05) is 51.8 Å². The van der Waals surface area contributed by atoms with Crippen LogP contribution in [0.15, 0.2) is 27.1 Å². The molecule has 0 saturated heterocycles. The number of halogens is 2. The van der Waals surface area contributed by atoms with Crippen LogP contribution in [0.25, 0.3) is 0 Å². The molecule has 1 atom stereocenters. The second-order valence-electron chi connectivity index (χ2n) is 4.81. The van der Waals surface area contributed by atoms with Gasteiger partial charge in [0.25, 0.3) is 0 Å². The predicted octanol–water partition coefficient (Wildman–Crippen LogP) is 4.53. The maximum absolute atomic E-state index is 5.55. The quantitative estimate of drug-likeness (QED) is 0.703. The van der Waals surface area contributed by atoms with E-state index < -0.39 is 0 Å². The van der Waals surface area contributed by atoms with Gasteiger partial charge in [-0.3, -0.25) is 0 Å². The van der Waals surface area contributed by atoms with Crippen molar-refractivity contribution in [1.29, 1.82) is 0 Å². The molecular weight excluding hydrogens is 358 g/mol. The minimum atomic E-state index is 0.315. The predicted molar refractivity (Wildman–Crippen MR) is 83.9 cm³/mol. The lowest BCUT2D eigenvalue weighted by molar-refractivity contribution is 0.110. The molecule has 102 valence electrons. The summed E-state index contributed by atoms with van der Waals surface area (Å²) in [5.41, 5.74) is 1.27. The number of nitrogens with one attached hydrogen (secondary N) is 1. The van der Waals surface area contributed by atoms with Crippen LogP contribution in [0.5, 0.6) is 0 Å². The van der Waals surface area contributed by atoms with Crippen molar-refractivity contribution in [3.63, 3.8) is 0 Å². The van der Waals surface area contributed by atoms with Crippen LogP contribution in [-0.4, -0.2) is 19.8 Å². The van der Waals surface area contributed by atoms with Gasteiger partial charge in [0, 0.05) is 28.1 Å². The third-order valence-electron chi connectivity index (χ3n) is 2.58. The molecule has 2 nitrogen and oxygen atoms in total. The van der Waals surface area contributed by atoms with E-state index in [0.29, 0.717) is 12.0 Å². The number of benzene rings is 1. The zero-order chi connectivity index (χ0) is 13.5. The number of hydrogen-bond donors (Lipinski definition) is 1. The molecular formula is C14H21Br2NO. The van der Waals surface area contributed by atoms with E-state index in [4.69, 9.17) is 4.74 Å². The molecule has 0 aliphatic heterocycles. The Balaban J connectivity index is 2.34. The van der Waals surface area contributed by atoms with Crippen LogP contribution in [0.4, 0.5) is 0 Å². The molecule has 18 heavy (non-hydrogen) atoms. The van der Waals surface area contributed by atoms with Crippen LogP contribution < -0.4 is 5.32 Å². The Kier molecular flexibility index (Phi) is 7.46. The molecule has 0 bridgehead atoms. The Bertz CT molecular complexity index is 369. The monoisotopic (exact) mass is 377 g/mol. The summed E-state index contributed by atoms with van der Waals surface area (Å²) >= 11 is 7.05. The highest BCUT2D eigenvalue weighted by molar-refractivity contribution is 9.11. The summed E-state index contributed by atoms with van der Waals surface area (Å²) in [6, 6.07) is 6.58. The maximum atomic E-state index is 5.55. The molecule has 1 aromatic carbocycles. The van der Waals surface area contributed by atoms with E-state index in [1.807, 2.05) is 0 Å². The first-order chi connectivity index (χ1) is 8.50. The molecule has 4 heteroatoms. The van der Waals surface area contributed by atoms with Gasteiger partial charge < -0.3 is 10.1 Å². The summed E-state index contributed by atoms with van der Waals surface area (Å²) in [6.45, 7) is 8.95. The number of rotatable bonds is 7. The standard InChI is InChI=1S/C14H21Br2NO/c1-10(2)9-18-7-6-17-11(3)13-5-4-12(15)8-14(13)16/h4-5,8,10-11,17H,6-7,9H2,1-3H3. The van der Waals surface area contributed by atoms with Gasteiger partial charge in [0.05, 0.1) is 6.61 Å². The highest BCUT2D eigenvalue weighted by Crippen LogP contribution is 2.26. The fourth-order valence-corrected chi connectivity index (χ4v) is 3.02. The minimum absolute atomic E-state index is 0.315. The fraction of sp³-hybridized carbons (Fsp3) is 0.571. The highest BCUT2D eigenvalue weighted by atomic mass is 79.9. The zero-order valence-electron chi connectivity index (χ0n) is 11.2. The SMILES string of the molecule is CC(C)COCCNC(C)c1ccc(Br)cc1Br. The molecule has 0 aliphatic rings. The summed E-state index contributed by atoms with van der Waals surface area (Å²) in [5, 5.41) is 3.46. The molecule has 0 radical (unpaired) electrons. The molecule has 0 fully saturated rings. The average molecular weight is 379 g/mol. The van der Waals surface area contributed by atoms with Crippen molar-refractivity contribution >= 4 is 31.9 Å². The molecule has 1 rings (SSSR count). The Morgan fingerprint density at radius 1 is 1.22 bits per heavy atom. The normalized spacial score (nSPS) is 13.0. The lowest BCUT2D eigenvalue weighted by Crippen LogP contribution is -2.24. The molecule has 1 aromatic rings. The van der Waals surface area contributed by atoms with Gasteiger partial charge in [-0.2, -0.15) is 0 Å². The van der Waals surface area contributed by atoms with Crippen LogP contribution in [0.2, 0.25) is 0 Å². The van der Waals surface area contributed by atoms with Crippen LogP contribution in [0, 0.1) is 5.92 Å². The molecule has 0 amide bonds. The maximum Gasteiger partial charge on any atom is 0.0591 e. The van der Waals surface area contributed by atoms with E-state index in [2.05, 4.69) is 76.1 Å². The first kappa shape index (κ1) is 16.2. The van der Waals surface area contributed by atoms with Gasteiger partial charge >= 0.3 is 0 Å². The Morgan fingerprint density at radius 3 is 2.56 bits per heavy atom. The van der Waals surface area contributed by atoms with Gasteiger partial charge in [-0.15, -0.1) is 0 Å². The van der Waals surface area contributed by atoms with E-state index >= 15 is 0 Å². The second-order valence-corrected chi connectivity index (χ2v) is 6.58. The van der Waals surface area contributed by atoms with Crippen molar-refractivity contribution in [2.24, 2.45) is 5.92 Å². The van der Waals surface area contributed by atoms with Gasteiger partial charge in [-0.05, 0) is 30.5 Å². The van der Waals surface area contributed by atoms with Crippen molar-refractivity contribution < 1.29 is 4.74 Å². The summed E-state index contributed by atoms with van der Waals surface area (Å²) in [5.74, 6) is 0.600. The molecule has 0 aliphatic carbocycles. The molecule has 0 spiro atoms. The van der Waals surface area contributed by atoms with Crippen molar-refractivity contribution in [2.75, 3.05) is 19.8 Å².